The number of carboxylic acid groups (broad SMARTS) is 1. The molecule has 0 fully saturated rings. The summed E-state index contributed by atoms with van der Waals surface area (Å²) in [5, 5.41) is 8.78. The third-order valence-electron chi connectivity index (χ3n) is 2.00. The minimum atomic E-state index is -3.76. The second kappa shape index (κ2) is 5.56. The molecule has 0 amide bonds. The summed E-state index contributed by atoms with van der Waals surface area (Å²) in [6.07, 6.45) is 0.695. The van der Waals surface area contributed by atoms with E-state index in [-0.39, 0.29) is 10.8 Å². The molecule has 1 rings (SSSR count). The lowest BCUT2D eigenvalue weighted by Gasteiger charge is -2.06. The maximum atomic E-state index is 11.8. The number of aromatic carboxylic acids is 1. The highest BCUT2D eigenvalue weighted by Gasteiger charge is 2.25. The molecule has 17 heavy (non-hydrogen) atoms. The van der Waals surface area contributed by atoms with Crippen molar-refractivity contribution in [2.45, 2.75) is 24.5 Å². The molecule has 2 N–H and O–H groups in total. The summed E-state index contributed by atoms with van der Waals surface area (Å²) in [6, 6.07) is 0. The molecule has 0 saturated carbocycles. The van der Waals surface area contributed by atoms with Gasteiger partial charge in [-0.3, -0.25) is 0 Å². The van der Waals surface area contributed by atoms with Crippen molar-refractivity contribution in [2.75, 3.05) is 6.54 Å². The first-order valence-corrected chi connectivity index (χ1v) is 7.37. The Morgan fingerprint density at radius 3 is 2.76 bits per heavy atom. The number of thiazole rings is 1. The van der Waals surface area contributed by atoms with Gasteiger partial charge in [0.05, 0.1) is 5.51 Å². The summed E-state index contributed by atoms with van der Waals surface area (Å²) in [5.74, 6) is -0.964. The van der Waals surface area contributed by atoms with Crippen molar-refractivity contribution < 1.29 is 18.3 Å². The Bertz CT molecular complexity index is 493. The summed E-state index contributed by atoms with van der Waals surface area (Å²) < 4.78 is 25.7. The first-order chi connectivity index (χ1) is 7.84. The van der Waals surface area contributed by atoms with Gasteiger partial charge in [-0.15, -0.1) is 11.3 Å². The zero-order valence-electron chi connectivity index (χ0n) is 9.50. The highest BCUT2D eigenvalue weighted by Crippen LogP contribution is 2.19. The number of sulfonamides is 1. The number of carbonyl (C=O) groups is 1. The fraction of sp³-hybridized carbons (Fsp3) is 0.556. The molecule has 0 aliphatic rings. The predicted octanol–water partition coefficient (Wildman–Crippen LogP) is 1.17. The number of rotatable bonds is 6. The summed E-state index contributed by atoms with van der Waals surface area (Å²) in [4.78, 5) is 14.3. The number of hydrogen-bond acceptors (Lipinski definition) is 5. The molecule has 1 aromatic heterocycles. The Morgan fingerprint density at radius 1 is 1.59 bits per heavy atom. The third kappa shape index (κ3) is 3.76. The molecule has 96 valence electrons. The topological polar surface area (TPSA) is 96.4 Å². The number of nitrogens with zero attached hydrogens (tertiary/aromatic N) is 1. The monoisotopic (exact) mass is 278 g/mol. The molecule has 0 saturated heterocycles. The molecule has 0 radical (unpaired) electrons. The van der Waals surface area contributed by atoms with Crippen LogP contribution in [-0.2, 0) is 10.0 Å². The van der Waals surface area contributed by atoms with Crippen LogP contribution in [0.3, 0.4) is 0 Å². The van der Waals surface area contributed by atoms with E-state index in [1.54, 1.807) is 0 Å². The first kappa shape index (κ1) is 14.1. The summed E-state index contributed by atoms with van der Waals surface area (Å²) >= 11 is 0.801. The predicted molar refractivity (Wildman–Crippen MR) is 63.7 cm³/mol. The van der Waals surface area contributed by atoms with E-state index in [9.17, 15) is 13.2 Å². The fourth-order valence-corrected chi connectivity index (χ4v) is 3.35. The first-order valence-electron chi connectivity index (χ1n) is 5.01. The Hall–Kier alpha value is -0.990. The highest BCUT2D eigenvalue weighted by molar-refractivity contribution is 7.91. The molecule has 1 aromatic rings. The molecule has 0 bridgehead atoms. The highest BCUT2D eigenvalue weighted by atomic mass is 32.2. The van der Waals surface area contributed by atoms with Gasteiger partial charge in [0.1, 0.15) is 0 Å². The van der Waals surface area contributed by atoms with Gasteiger partial charge in [-0.05, 0) is 12.3 Å². The van der Waals surface area contributed by atoms with E-state index < -0.39 is 21.7 Å². The second-order valence-corrected chi connectivity index (χ2v) is 6.69. The molecule has 8 heteroatoms. The summed E-state index contributed by atoms with van der Waals surface area (Å²) in [5.41, 5.74) is 0.785. The van der Waals surface area contributed by atoms with Crippen LogP contribution in [-0.4, -0.2) is 31.0 Å². The van der Waals surface area contributed by atoms with Gasteiger partial charge in [-0.25, -0.2) is 22.9 Å². The molecule has 0 aliphatic carbocycles. The van der Waals surface area contributed by atoms with Crippen molar-refractivity contribution in [3.8, 4) is 0 Å². The fourth-order valence-electron chi connectivity index (χ4n) is 1.12. The van der Waals surface area contributed by atoms with Crippen LogP contribution in [0.15, 0.2) is 9.72 Å². The van der Waals surface area contributed by atoms with E-state index in [0.717, 1.165) is 11.3 Å². The van der Waals surface area contributed by atoms with Crippen LogP contribution in [0.1, 0.15) is 30.8 Å². The largest absolute Gasteiger partial charge is 0.476 e. The van der Waals surface area contributed by atoms with Crippen LogP contribution in [0, 0.1) is 5.92 Å². The van der Waals surface area contributed by atoms with Crippen molar-refractivity contribution >= 4 is 27.3 Å². The Balaban J connectivity index is 2.83. The zero-order chi connectivity index (χ0) is 13.1. The van der Waals surface area contributed by atoms with Crippen LogP contribution >= 0.6 is 11.3 Å². The van der Waals surface area contributed by atoms with Gasteiger partial charge in [-0.1, -0.05) is 13.8 Å². The Kier molecular flexibility index (Phi) is 4.61. The smallest absolute Gasteiger partial charge is 0.356 e. The SMILES string of the molecule is CC(C)CCNS(=O)(=O)c1scnc1C(=O)O. The maximum absolute atomic E-state index is 11.8. The third-order valence-corrected chi connectivity index (χ3v) is 4.83. The van der Waals surface area contributed by atoms with Crippen molar-refractivity contribution in [3.63, 3.8) is 0 Å². The molecular formula is C9H14N2O4S2. The quantitative estimate of drug-likeness (QED) is 0.814. The Morgan fingerprint density at radius 2 is 2.24 bits per heavy atom. The van der Waals surface area contributed by atoms with E-state index in [0.29, 0.717) is 12.3 Å². The second-order valence-electron chi connectivity index (χ2n) is 3.87. The molecule has 0 spiro atoms. The Labute approximate surface area is 104 Å². The van der Waals surface area contributed by atoms with E-state index in [2.05, 4.69) is 9.71 Å². The minimum absolute atomic E-state index is 0.242. The van der Waals surface area contributed by atoms with Gasteiger partial charge in [0.25, 0.3) is 10.0 Å². The lowest BCUT2D eigenvalue weighted by Crippen LogP contribution is -2.26. The van der Waals surface area contributed by atoms with Crippen LogP contribution in [0.2, 0.25) is 0 Å². The van der Waals surface area contributed by atoms with Crippen LogP contribution < -0.4 is 4.72 Å². The van der Waals surface area contributed by atoms with Crippen molar-refractivity contribution in [1.29, 1.82) is 0 Å². The van der Waals surface area contributed by atoms with Gasteiger partial charge in [0.15, 0.2) is 9.90 Å². The number of nitrogens with one attached hydrogen (secondary N) is 1. The van der Waals surface area contributed by atoms with Crippen LogP contribution in [0.25, 0.3) is 0 Å². The summed E-state index contributed by atoms with van der Waals surface area (Å²) in [7, 11) is -3.76. The standard InChI is InChI=1S/C9H14N2O4S2/c1-6(2)3-4-11-17(14,15)9-7(8(12)13)10-5-16-9/h5-6,11H,3-4H2,1-2H3,(H,12,13). The van der Waals surface area contributed by atoms with Crippen molar-refractivity contribution in [1.82, 2.24) is 9.71 Å². The average molecular weight is 278 g/mol. The molecule has 6 nitrogen and oxygen atoms in total. The molecular weight excluding hydrogens is 264 g/mol. The molecule has 0 atom stereocenters. The van der Waals surface area contributed by atoms with Gasteiger partial charge in [0, 0.05) is 6.54 Å². The minimum Gasteiger partial charge on any atom is -0.476 e. The normalized spacial score (nSPS) is 11.9. The number of aromatic nitrogens is 1. The summed E-state index contributed by atoms with van der Waals surface area (Å²) in [6.45, 7) is 4.24. The molecule has 1 heterocycles. The van der Waals surface area contributed by atoms with Gasteiger partial charge >= 0.3 is 5.97 Å². The van der Waals surface area contributed by atoms with Crippen molar-refractivity contribution in [3.05, 3.63) is 11.2 Å². The van der Waals surface area contributed by atoms with Crippen LogP contribution in [0.4, 0.5) is 0 Å². The number of carboxylic acids is 1. The van der Waals surface area contributed by atoms with E-state index in [1.165, 1.54) is 5.51 Å². The number of hydrogen-bond donors (Lipinski definition) is 2. The van der Waals surface area contributed by atoms with Crippen molar-refractivity contribution in [2.24, 2.45) is 5.92 Å². The molecule has 0 aliphatic heterocycles. The van der Waals surface area contributed by atoms with E-state index >= 15 is 0 Å². The lowest BCUT2D eigenvalue weighted by molar-refractivity contribution is 0.0687. The molecule has 0 unspecified atom stereocenters. The molecule has 0 aromatic carbocycles. The van der Waals surface area contributed by atoms with Gasteiger partial charge < -0.3 is 5.11 Å². The maximum Gasteiger partial charge on any atom is 0.356 e. The average Bonchev–Trinajstić information content (AvgIpc) is 2.65. The van der Waals surface area contributed by atoms with Gasteiger partial charge in [0.2, 0.25) is 0 Å². The lowest BCUT2D eigenvalue weighted by atomic mass is 10.1. The van der Waals surface area contributed by atoms with E-state index in [1.807, 2.05) is 13.8 Å². The van der Waals surface area contributed by atoms with Gasteiger partial charge in [-0.2, -0.15) is 0 Å². The zero-order valence-corrected chi connectivity index (χ0v) is 11.1. The van der Waals surface area contributed by atoms with Crippen LogP contribution in [0.5, 0.6) is 0 Å². The van der Waals surface area contributed by atoms with E-state index in [4.69, 9.17) is 5.11 Å².